The summed E-state index contributed by atoms with van der Waals surface area (Å²) in [5.41, 5.74) is 6.39. The van der Waals surface area contributed by atoms with Gasteiger partial charge in [0, 0.05) is 55.2 Å². The normalized spacial score (nSPS) is 9.91. The number of nitrogens with two attached hydrogens (primary N) is 1. The van der Waals surface area contributed by atoms with Crippen molar-refractivity contribution in [3.63, 3.8) is 0 Å². The Labute approximate surface area is 323 Å². The molecule has 22 heteroatoms. The molecule has 0 aliphatic heterocycles. The van der Waals surface area contributed by atoms with Crippen LogP contribution in [0.1, 0.15) is 20.7 Å². The Hall–Kier alpha value is -5.70. The van der Waals surface area contributed by atoms with Crippen molar-refractivity contribution in [2.24, 2.45) is 0 Å². The second-order valence-corrected chi connectivity index (χ2v) is 11.8. The fraction of sp³-hybridized carbons (Fsp3) is 0.281. The van der Waals surface area contributed by atoms with Crippen LogP contribution < -0.4 is 11.1 Å². The number of likely N-dealkylation sites (N-methyl/N-ethyl adjacent to an activating group) is 3. The molecular weight excluding hydrogens is 779 g/mol. The highest BCUT2D eigenvalue weighted by atomic mass is 35.7. The summed E-state index contributed by atoms with van der Waals surface area (Å²) in [5, 5.41) is 23.5. The lowest BCUT2D eigenvalue weighted by Gasteiger charge is -2.15. The molecule has 0 heterocycles. The number of nitrogens with zero attached hydrogens (tertiary/aromatic N) is 4. The number of hydrogen-bond acceptors (Lipinski definition) is 15. The first-order valence-corrected chi connectivity index (χ1v) is 16.7. The number of esters is 3. The molecule has 0 aromatic heterocycles. The quantitative estimate of drug-likeness (QED) is 0.0704. The second-order valence-electron chi connectivity index (χ2n) is 9.99. The first kappa shape index (κ1) is 50.4. The van der Waals surface area contributed by atoms with Crippen LogP contribution in [0.25, 0.3) is 0 Å². The number of nitro groups is 2. The monoisotopic (exact) mass is 818 g/mol. The van der Waals surface area contributed by atoms with Gasteiger partial charge in [-0.05, 0) is 48.1 Å². The standard InChI is InChI=1S/C11H12N2O5.C11H14N2O3.C6H4ClNO3S.C4H9NO2.ClH/c1-12(7-10(14)18-2)11(15)8-4-3-5-9(6-8)13(16)17;1-13(7-10(14)16-2)11(15)8-4-3-5-9(12)6-8;7-12(11)6-3-1-2-5(4-6)8(9)10;1-5-3-4(6)7-2;/h3-6H,7H2,1-2H3;3-6H,7,12H2,1-2H3;1-4H;5H,3H2,1-2H3;1H. The smallest absolute Gasteiger partial charge is 0.325 e. The van der Waals surface area contributed by atoms with Gasteiger partial charge >= 0.3 is 17.9 Å². The molecule has 0 radical (unpaired) electrons. The molecule has 2 amide bonds. The number of carbonyl (C=O) groups is 5. The third kappa shape index (κ3) is 19.8. The van der Waals surface area contributed by atoms with Crippen LogP contribution in [0.4, 0.5) is 17.1 Å². The number of hydrogen-bond donors (Lipinski definition) is 2. The van der Waals surface area contributed by atoms with E-state index in [0.717, 1.165) is 11.0 Å². The molecule has 0 saturated carbocycles. The third-order valence-electron chi connectivity index (χ3n) is 6.08. The van der Waals surface area contributed by atoms with Crippen molar-refractivity contribution in [3.05, 3.63) is 104 Å². The topological polar surface area (TPSA) is 261 Å². The van der Waals surface area contributed by atoms with E-state index in [1.165, 1.54) is 82.8 Å². The van der Waals surface area contributed by atoms with E-state index in [4.69, 9.17) is 16.4 Å². The fourth-order valence-corrected chi connectivity index (χ4v) is 4.13. The number of carbonyl (C=O) groups excluding carboxylic acids is 5. The number of halogens is 2. The first-order valence-electron chi connectivity index (χ1n) is 14.7. The molecule has 0 fully saturated rings. The summed E-state index contributed by atoms with van der Waals surface area (Å²) in [6, 6.07) is 17.3. The van der Waals surface area contributed by atoms with Gasteiger partial charge in [-0.3, -0.25) is 44.2 Å². The summed E-state index contributed by atoms with van der Waals surface area (Å²) in [7, 11) is 12.0. The van der Waals surface area contributed by atoms with Crippen molar-refractivity contribution in [2.45, 2.75) is 4.90 Å². The molecule has 3 aromatic carbocycles. The van der Waals surface area contributed by atoms with Gasteiger partial charge in [0.05, 0.1) is 42.6 Å². The molecule has 3 N–H and O–H groups in total. The number of benzene rings is 3. The number of amides is 2. The molecule has 0 bridgehead atoms. The van der Waals surface area contributed by atoms with Crippen molar-refractivity contribution >= 4 is 79.9 Å². The number of nitro benzene ring substituents is 2. The van der Waals surface area contributed by atoms with Crippen LogP contribution in [0.5, 0.6) is 0 Å². The fourth-order valence-electron chi connectivity index (χ4n) is 3.44. The van der Waals surface area contributed by atoms with Crippen molar-refractivity contribution in [3.8, 4) is 0 Å². The maximum atomic E-state index is 11.9. The molecule has 296 valence electrons. The summed E-state index contributed by atoms with van der Waals surface area (Å²) in [6.07, 6.45) is 0. The van der Waals surface area contributed by atoms with Crippen LogP contribution in [-0.2, 0) is 38.6 Å². The van der Waals surface area contributed by atoms with E-state index in [1.807, 2.05) is 0 Å². The van der Waals surface area contributed by atoms with Crippen molar-refractivity contribution in [1.82, 2.24) is 15.1 Å². The number of methoxy groups -OCH3 is 3. The van der Waals surface area contributed by atoms with Gasteiger partial charge in [-0.15, -0.1) is 12.4 Å². The van der Waals surface area contributed by atoms with Crippen molar-refractivity contribution in [1.29, 1.82) is 0 Å². The molecule has 0 aliphatic carbocycles. The number of non-ortho nitro benzene ring substituents is 2. The first-order chi connectivity index (χ1) is 24.9. The number of nitrogen functional groups attached to an aromatic ring is 1. The van der Waals surface area contributed by atoms with Gasteiger partial charge in [0.15, 0.2) is 0 Å². The summed E-state index contributed by atoms with van der Waals surface area (Å²) < 4.78 is 23.9. The summed E-state index contributed by atoms with van der Waals surface area (Å²) in [5.74, 6) is -2.00. The van der Waals surface area contributed by atoms with Crippen LogP contribution in [0, 0.1) is 20.2 Å². The number of nitrogens with one attached hydrogen (secondary N) is 1. The Kier molecular flexibility index (Phi) is 25.2. The Morgan fingerprint density at radius 2 is 1.15 bits per heavy atom. The minimum Gasteiger partial charge on any atom is -0.468 e. The molecule has 19 nitrogen and oxygen atoms in total. The second kappa shape index (κ2) is 27.0. The number of anilines is 1. The zero-order chi connectivity index (χ0) is 40.7. The van der Waals surface area contributed by atoms with E-state index >= 15 is 0 Å². The molecule has 0 spiro atoms. The van der Waals surface area contributed by atoms with Gasteiger partial charge < -0.3 is 35.1 Å². The van der Waals surface area contributed by atoms with E-state index < -0.39 is 37.7 Å². The molecule has 0 saturated heterocycles. The van der Waals surface area contributed by atoms with Crippen molar-refractivity contribution in [2.75, 3.05) is 67.8 Å². The molecule has 3 aromatic rings. The molecule has 1 atom stereocenters. The van der Waals surface area contributed by atoms with E-state index in [1.54, 1.807) is 31.3 Å². The van der Waals surface area contributed by atoms with Crippen LogP contribution >= 0.6 is 23.1 Å². The number of ether oxygens (including phenoxy) is 3. The van der Waals surface area contributed by atoms with Gasteiger partial charge in [0.2, 0.25) is 0 Å². The predicted octanol–water partition coefficient (Wildman–Crippen LogP) is 3.01. The average molecular weight is 820 g/mol. The third-order valence-corrected chi connectivity index (χ3v) is 7.24. The Bertz CT molecular complexity index is 1740. The molecule has 3 rings (SSSR count). The van der Waals surface area contributed by atoms with Gasteiger partial charge in [-0.2, -0.15) is 0 Å². The zero-order valence-electron chi connectivity index (χ0n) is 29.9. The highest BCUT2D eigenvalue weighted by Gasteiger charge is 2.18. The summed E-state index contributed by atoms with van der Waals surface area (Å²) >= 11 is 0. The zero-order valence-corrected chi connectivity index (χ0v) is 32.3. The summed E-state index contributed by atoms with van der Waals surface area (Å²) in [4.78, 5) is 78.1. The summed E-state index contributed by atoms with van der Waals surface area (Å²) in [6.45, 7) is -0.00133. The minimum atomic E-state index is -1.69. The van der Waals surface area contributed by atoms with E-state index in [-0.39, 0.29) is 65.8 Å². The van der Waals surface area contributed by atoms with Crippen LogP contribution in [-0.4, -0.2) is 116 Å². The van der Waals surface area contributed by atoms with Crippen LogP contribution in [0.3, 0.4) is 0 Å². The van der Waals surface area contributed by atoms with E-state index in [2.05, 4.69) is 19.5 Å². The van der Waals surface area contributed by atoms with Crippen molar-refractivity contribution < 1.29 is 52.2 Å². The lowest BCUT2D eigenvalue weighted by atomic mass is 10.2. The van der Waals surface area contributed by atoms with Crippen LogP contribution in [0.2, 0.25) is 0 Å². The lowest BCUT2D eigenvalue weighted by molar-refractivity contribution is -0.385. The maximum absolute atomic E-state index is 11.9. The average Bonchev–Trinajstić information content (AvgIpc) is 3.14. The largest absolute Gasteiger partial charge is 0.468 e. The van der Waals surface area contributed by atoms with Gasteiger partial charge in [0.25, 0.3) is 23.2 Å². The Morgan fingerprint density at radius 3 is 1.52 bits per heavy atom. The molecule has 54 heavy (non-hydrogen) atoms. The SMILES string of the molecule is CNCC(=O)OC.COC(=O)CN(C)C(=O)c1cccc(N)c1.COC(=O)CN(C)C(=O)c1cccc([N+](=O)[O-])c1.Cl.O=[N+]([O-])c1cccc(S(=O)Cl)c1. The number of rotatable bonds is 11. The van der Waals surface area contributed by atoms with E-state index in [0.29, 0.717) is 11.3 Å². The van der Waals surface area contributed by atoms with Gasteiger partial charge in [-0.1, -0.05) is 18.2 Å². The predicted molar refractivity (Wildman–Crippen MR) is 200 cm³/mol. The Balaban J connectivity index is 0. The minimum absolute atomic E-state index is 0. The van der Waals surface area contributed by atoms with E-state index in [9.17, 15) is 48.4 Å². The van der Waals surface area contributed by atoms with Gasteiger partial charge in [-0.25, -0.2) is 4.21 Å². The van der Waals surface area contributed by atoms with Crippen LogP contribution in [0.15, 0.2) is 77.7 Å². The maximum Gasteiger partial charge on any atom is 0.325 e. The molecular formula is C32H40Cl2N6O13S. The molecule has 0 aliphatic rings. The Morgan fingerprint density at radius 1 is 0.741 bits per heavy atom. The van der Waals surface area contributed by atoms with Gasteiger partial charge in [0.1, 0.15) is 23.1 Å². The molecule has 1 unspecified atom stereocenters. The lowest BCUT2D eigenvalue weighted by Crippen LogP contribution is -2.32. The highest BCUT2D eigenvalue weighted by Crippen LogP contribution is 2.17. The highest BCUT2D eigenvalue weighted by molar-refractivity contribution is 8.08.